The van der Waals surface area contributed by atoms with Crippen molar-refractivity contribution < 1.29 is 32.2 Å². The zero-order valence-corrected chi connectivity index (χ0v) is 28.1. The first kappa shape index (κ1) is 34.8. The van der Waals surface area contributed by atoms with Gasteiger partial charge >= 0.3 is 18.3 Å². The van der Waals surface area contributed by atoms with Gasteiger partial charge < -0.3 is 28.9 Å². The average molecular weight is 680 g/mol. The van der Waals surface area contributed by atoms with E-state index in [1.165, 1.54) is 18.2 Å². The minimum absolute atomic E-state index is 0.0143. The van der Waals surface area contributed by atoms with Crippen LogP contribution in [0.1, 0.15) is 44.0 Å². The number of aromatic nitrogens is 2. The Labute approximate surface area is 278 Å². The van der Waals surface area contributed by atoms with Crippen LogP contribution in [0.15, 0.2) is 18.2 Å². The first-order valence-electron chi connectivity index (χ1n) is 15.6. The number of likely N-dealkylation sites (tertiary alicyclic amines) is 1. The fraction of sp³-hybridized carbons (Fsp3) is 0.625. The molecule has 3 atom stereocenters. The molecule has 2 saturated heterocycles. The number of hydrogen-bond donors (Lipinski definition) is 0. The molecule has 0 aliphatic carbocycles. The Kier molecular flexibility index (Phi) is 10.3. The van der Waals surface area contributed by atoms with Gasteiger partial charge in [-0.15, -0.1) is 0 Å². The highest BCUT2D eigenvalue weighted by molar-refractivity contribution is 6.31. The first-order valence-corrected chi connectivity index (χ1v) is 16.0. The van der Waals surface area contributed by atoms with Gasteiger partial charge in [-0.2, -0.15) is 23.1 Å². The van der Waals surface area contributed by atoms with Crippen LogP contribution in [0.2, 0.25) is 5.02 Å². The lowest BCUT2D eigenvalue weighted by atomic mass is 10.0. The molecule has 15 heteroatoms. The summed E-state index contributed by atoms with van der Waals surface area (Å²) in [5, 5.41) is -0.364. The quantitative estimate of drug-likeness (QED) is 0.369. The van der Waals surface area contributed by atoms with Crippen LogP contribution in [-0.2, 0) is 28.6 Å². The summed E-state index contributed by atoms with van der Waals surface area (Å²) in [5.74, 6) is 0.597. The first-order chi connectivity index (χ1) is 22.2. The van der Waals surface area contributed by atoms with Crippen molar-refractivity contribution in [1.29, 1.82) is 0 Å². The van der Waals surface area contributed by atoms with Crippen molar-refractivity contribution >= 4 is 29.2 Å². The van der Waals surface area contributed by atoms with E-state index < -0.39 is 29.5 Å². The lowest BCUT2D eigenvalue weighted by molar-refractivity contribution is -0.137. The Morgan fingerprint density at radius 2 is 1.87 bits per heavy atom. The molecule has 0 bridgehead atoms. The lowest BCUT2D eigenvalue weighted by Crippen LogP contribution is -2.57. The third-order valence-corrected chi connectivity index (χ3v) is 9.05. The Morgan fingerprint density at radius 3 is 2.53 bits per heavy atom. The molecular formula is C32H41ClF3N7O4. The number of ether oxygens (including phenoxy) is 3. The number of likely N-dealkylation sites (N-methyl/N-ethyl adjacent to an activating group) is 1. The summed E-state index contributed by atoms with van der Waals surface area (Å²) in [6.07, 6.45) is -3.89. The summed E-state index contributed by atoms with van der Waals surface area (Å²) in [6, 6.07) is 3.91. The maximum Gasteiger partial charge on any atom is 0.419 e. The summed E-state index contributed by atoms with van der Waals surface area (Å²) in [4.78, 5) is 33.6. The molecule has 3 aliphatic rings. The van der Waals surface area contributed by atoms with E-state index in [9.17, 15) is 18.0 Å². The van der Waals surface area contributed by atoms with Crippen molar-refractivity contribution in [2.75, 3.05) is 69.8 Å². The number of halogens is 4. The van der Waals surface area contributed by atoms with Crippen molar-refractivity contribution in [3.63, 3.8) is 0 Å². The molecule has 47 heavy (non-hydrogen) atoms. The Bertz CT molecular complexity index is 1500. The van der Waals surface area contributed by atoms with Gasteiger partial charge in [0.05, 0.1) is 34.6 Å². The van der Waals surface area contributed by atoms with Crippen molar-refractivity contribution in [2.24, 2.45) is 0 Å². The highest BCUT2D eigenvalue weighted by Gasteiger charge is 2.40. The maximum absolute atomic E-state index is 14.1. The monoisotopic (exact) mass is 679 g/mol. The predicted octanol–water partition coefficient (Wildman–Crippen LogP) is 5.15. The Hall–Kier alpha value is -3.54. The summed E-state index contributed by atoms with van der Waals surface area (Å²) in [5.41, 5.74) is -0.233. The van der Waals surface area contributed by atoms with Crippen LogP contribution in [0.25, 0.3) is 4.85 Å². The molecule has 0 saturated carbocycles. The fourth-order valence-electron chi connectivity index (χ4n) is 6.41. The normalized spacial score (nSPS) is 22.2. The minimum atomic E-state index is -4.64. The summed E-state index contributed by atoms with van der Waals surface area (Å²) < 4.78 is 59.6. The zero-order valence-electron chi connectivity index (χ0n) is 27.3. The van der Waals surface area contributed by atoms with Gasteiger partial charge in [-0.25, -0.2) is 11.4 Å². The summed E-state index contributed by atoms with van der Waals surface area (Å²) in [7, 11) is 3.68. The molecule has 0 radical (unpaired) electrons. The summed E-state index contributed by atoms with van der Waals surface area (Å²) in [6.45, 7) is 15.5. The van der Waals surface area contributed by atoms with E-state index in [1.807, 2.05) is 11.9 Å². The standard InChI is InChI=1S/C32H41ClF3N7O4/c1-31(2,3)47-30(44)43-13-12-42(16-21(43)15-37-4)28-23-10-11-41(26-9-7-8-24(33)27(26)32(34,35)36)18-25(23)38-29(39-28)46-19-20-14-22(45-6)17-40(20)5/h7-9,20-22H,10-19H2,1-3,5-6H3/t20-,21-,22+/m0/s1. The van der Waals surface area contributed by atoms with Crippen molar-refractivity contribution in [3.8, 4) is 6.01 Å². The number of benzene rings is 1. The lowest BCUT2D eigenvalue weighted by Gasteiger charge is -2.41. The molecule has 5 rings (SSSR count). The molecule has 3 aliphatic heterocycles. The van der Waals surface area contributed by atoms with Gasteiger partial charge in [-0.05, 0) is 52.8 Å². The molecule has 11 nitrogen and oxygen atoms in total. The number of carbonyl (C=O) groups is 1. The second kappa shape index (κ2) is 13.9. The topological polar surface area (TPSA) is 87.9 Å². The highest BCUT2D eigenvalue weighted by atomic mass is 35.5. The van der Waals surface area contributed by atoms with Gasteiger partial charge in [0.1, 0.15) is 24.1 Å². The van der Waals surface area contributed by atoms with Gasteiger partial charge in [0.25, 0.3) is 0 Å². The van der Waals surface area contributed by atoms with E-state index in [4.69, 9.17) is 42.4 Å². The molecule has 2 aromatic rings. The molecule has 4 heterocycles. The van der Waals surface area contributed by atoms with Crippen LogP contribution in [0.3, 0.4) is 0 Å². The van der Waals surface area contributed by atoms with Gasteiger partial charge in [-0.1, -0.05) is 17.7 Å². The van der Waals surface area contributed by atoms with E-state index in [1.54, 1.807) is 37.7 Å². The number of methoxy groups -OCH3 is 1. The molecule has 1 aromatic heterocycles. The van der Waals surface area contributed by atoms with Crippen molar-refractivity contribution in [3.05, 3.63) is 51.5 Å². The number of nitrogens with zero attached hydrogens (tertiary/aromatic N) is 7. The number of alkyl halides is 3. The fourth-order valence-corrected chi connectivity index (χ4v) is 6.69. The maximum atomic E-state index is 14.1. The number of hydrogen-bond acceptors (Lipinski definition) is 9. The smallest absolute Gasteiger partial charge is 0.419 e. The highest BCUT2D eigenvalue weighted by Crippen LogP contribution is 2.43. The SMILES string of the molecule is [C-]#[N+]C[C@H]1CN(c2nc(OC[C@@H]3C[C@@H](OC)CN3C)nc3c2CCN(c2cccc(Cl)c2C(F)(F)F)C3)CCN1C(=O)OC(C)(C)C. The Morgan fingerprint density at radius 1 is 1.11 bits per heavy atom. The average Bonchev–Trinajstić information content (AvgIpc) is 3.37. The number of carbonyl (C=O) groups excluding carboxylic acids is 1. The molecule has 1 amide bonds. The second-order valence-electron chi connectivity index (χ2n) is 13.2. The number of fused-ring (bicyclic) bond motifs is 1. The third-order valence-electron chi connectivity index (χ3n) is 8.74. The van der Waals surface area contributed by atoms with Crippen LogP contribution >= 0.6 is 11.6 Å². The van der Waals surface area contributed by atoms with Crippen LogP contribution in [0.5, 0.6) is 6.01 Å². The van der Waals surface area contributed by atoms with Crippen molar-refractivity contribution in [2.45, 2.75) is 70.1 Å². The van der Waals surface area contributed by atoms with E-state index in [-0.39, 0.29) is 48.5 Å². The molecule has 0 N–H and O–H groups in total. The van der Waals surface area contributed by atoms with E-state index >= 15 is 0 Å². The van der Waals surface area contributed by atoms with Crippen LogP contribution in [0, 0.1) is 6.57 Å². The molecule has 0 spiro atoms. The minimum Gasteiger partial charge on any atom is -0.462 e. The number of piperazine rings is 1. The predicted molar refractivity (Wildman–Crippen MR) is 171 cm³/mol. The molecule has 1 aromatic carbocycles. The van der Waals surface area contributed by atoms with E-state index in [0.29, 0.717) is 44.2 Å². The number of amides is 1. The second-order valence-corrected chi connectivity index (χ2v) is 13.6. The van der Waals surface area contributed by atoms with E-state index in [2.05, 4.69) is 9.74 Å². The van der Waals surface area contributed by atoms with E-state index in [0.717, 1.165) is 18.5 Å². The van der Waals surface area contributed by atoms with Crippen LogP contribution < -0.4 is 14.5 Å². The Balaban J connectivity index is 1.47. The molecular weight excluding hydrogens is 639 g/mol. The van der Waals surface area contributed by atoms with Crippen LogP contribution in [0.4, 0.5) is 29.5 Å². The van der Waals surface area contributed by atoms with Crippen LogP contribution in [-0.4, -0.2) is 110 Å². The zero-order chi connectivity index (χ0) is 34.1. The summed E-state index contributed by atoms with van der Waals surface area (Å²) >= 11 is 6.06. The number of rotatable bonds is 7. The number of anilines is 2. The van der Waals surface area contributed by atoms with Crippen molar-refractivity contribution in [1.82, 2.24) is 19.8 Å². The van der Waals surface area contributed by atoms with Gasteiger partial charge in [0.15, 0.2) is 0 Å². The molecule has 256 valence electrons. The largest absolute Gasteiger partial charge is 0.462 e. The van der Waals surface area contributed by atoms with Gasteiger partial charge in [-0.3, -0.25) is 9.80 Å². The van der Waals surface area contributed by atoms with Gasteiger partial charge in [0.2, 0.25) is 6.54 Å². The molecule has 0 unspecified atom stereocenters. The molecule has 2 fully saturated rings. The third kappa shape index (κ3) is 7.96. The van der Waals surface area contributed by atoms with Gasteiger partial charge in [0, 0.05) is 51.4 Å².